The molecule has 0 aromatic rings. The predicted molar refractivity (Wildman–Crippen MR) is 59.2 cm³/mol. The van der Waals surface area contributed by atoms with Gasteiger partial charge in [-0.05, 0) is 0 Å². The molecule has 0 N–H and O–H groups in total. The van der Waals surface area contributed by atoms with Crippen LogP contribution in [-0.4, -0.2) is 46.1 Å². The Morgan fingerprint density at radius 1 is 0.500 bits per heavy atom. The molecule has 0 nitrogen and oxygen atoms in total. The first-order valence-corrected chi connectivity index (χ1v) is 4.50. The van der Waals surface area contributed by atoms with Gasteiger partial charge in [0.1, 0.15) is 0 Å². The predicted octanol–water partition coefficient (Wildman–Crippen LogP) is -2.98. The van der Waals surface area contributed by atoms with E-state index >= 15 is 0 Å². The van der Waals surface area contributed by atoms with Crippen LogP contribution in [0.1, 0.15) is 51.4 Å². The fourth-order valence-electron chi connectivity index (χ4n) is 1.06. The van der Waals surface area contributed by atoms with E-state index in [9.17, 15) is 0 Å². The van der Waals surface area contributed by atoms with Gasteiger partial charge in [0.15, 0.2) is 0 Å². The minimum absolute atomic E-state index is 0. The SMILES string of the molecule is [Br-].[Br-].[CH2-]CCCCCCCC[CH2-].[Mg+2].[Mg+2]. The molecule has 0 aromatic heterocycles. The number of hydrogen-bond donors (Lipinski definition) is 0. The second-order valence-electron chi connectivity index (χ2n) is 2.83. The molecule has 0 aliphatic carbocycles. The quantitative estimate of drug-likeness (QED) is 0.262. The summed E-state index contributed by atoms with van der Waals surface area (Å²) in [7, 11) is 0. The number of unbranched alkanes of at least 4 members (excludes halogenated alkanes) is 7. The summed E-state index contributed by atoms with van der Waals surface area (Å²) in [5.41, 5.74) is 0. The molecule has 0 radical (unpaired) electrons. The topological polar surface area (TPSA) is 0 Å². The van der Waals surface area contributed by atoms with Gasteiger partial charge in [-0.1, -0.05) is 38.5 Å². The Morgan fingerprint density at radius 3 is 0.929 bits per heavy atom. The molecule has 0 saturated heterocycles. The van der Waals surface area contributed by atoms with Gasteiger partial charge < -0.3 is 47.8 Å². The monoisotopic (exact) mass is 346 g/mol. The third-order valence-electron chi connectivity index (χ3n) is 1.75. The van der Waals surface area contributed by atoms with Crippen molar-refractivity contribution in [2.45, 2.75) is 51.4 Å². The molecule has 78 valence electrons. The van der Waals surface area contributed by atoms with E-state index in [1.165, 1.54) is 38.5 Å². The van der Waals surface area contributed by atoms with Crippen molar-refractivity contribution < 1.29 is 34.0 Å². The van der Waals surface area contributed by atoms with Crippen molar-refractivity contribution in [3.63, 3.8) is 0 Å². The number of rotatable bonds is 7. The zero-order valence-electron chi connectivity index (χ0n) is 9.24. The molecule has 0 aromatic carbocycles. The van der Waals surface area contributed by atoms with Crippen LogP contribution < -0.4 is 34.0 Å². The Labute approximate surface area is 144 Å². The number of hydrogen-bond acceptors (Lipinski definition) is 0. The van der Waals surface area contributed by atoms with E-state index < -0.39 is 0 Å². The van der Waals surface area contributed by atoms with Crippen molar-refractivity contribution in [2.75, 3.05) is 0 Å². The first kappa shape index (κ1) is 30.0. The summed E-state index contributed by atoms with van der Waals surface area (Å²) in [5, 5.41) is 0. The van der Waals surface area contributed by atoms with Gasteiger partial charge in [0.05, 0.1) is 0 Å². The van der Waals surface area contributed by atoms with Crippen LogP contribution >= 0.6 is 0 Å². The van der Waals surface area contributed by atoms with Crippen LogP contribution in [0, 0.1) is 13.8 Å². The molecule has 0 heterocycles. The fraction of sp³-hybridized carbons (Fsp3) is 0.800. The van der Waals surface area contributed by atoms with Crippen molar-refractivity contribution in [3.8, 4) is 0 Å². The maximum Gasteiger partial charge on any atom is 2.00 e. The molecule has 0 saturated carbocycles. The van der Waals surface area contributed by atoms with Crippen molar-refractivity contribution in [1.29, 1.82) is 0 Å². The summed E-state index contributed by atoms with van der Waals surface area (Å²) >= 11 is 0. The standard InChI is InChI=1S/C10H20.2BrH.2Mg/c1-3-5-7-9-10-8-6-4-2;;;;/h1-10H2;2*1H;;/q-2;;;2*+2/p-2. The summed E-state index contributed by atoms with van der Waals surface area (Å²) in [6.45, 7) is 7.62. The molecule has 4 heteroatoms. The van der Waals surface area contributed by atoms with Crippen molar-refractivity contribution in [2.24, 2.45) is 0 Å². The van der Waals surface area contributed by atoms with E-state index in [-0.39, 0.29) is 80.1 Å². The maximum atomic E-state index is 3.81. The minimum Gasteiger partial charge on any atom is -1.00 e. The van der Waals surface area contributed by atoms with Crippen LogP contribution in [0.25, 0.3) is 0 Å². The van der Waals surface area contributed by atoms with E-state index in [0.717, 1.165) is 12.8 Å². The zero-order chi connectivity index (χ0) is 7.66. The largest absolute Gasteiger partial charge is 2.00 e. The summed E-state index contributed by atoms with van der Waals surface area (Å²) < 4.78 is 0. The molecule has 0 bridgehead atoms. The van der Waals surface area contributed by atoms with E-state index in [0.29, 0.717) is 0 Å². The summed E-state index contributed by atoms with van der Waals surface area (Å²) in [4.78, 5) is 0. The van der Waals surface area contributed by atoms with Crippen LogP contribution in [0.2, 0.25) is 0 Å². The Hall–Kier alpha value is 2.49. The summed E-state index contributed by atoms with van der Waals surface area (Å²) in [6, 6.07) is 0. The van der Waals surface area contributed by atoms with Gasteiger partial charge in [-0.15, -0.1) is 0 Å². The Balaban J connectivity index is -0.0000000675. The molecule has 0 atom stereocenters. The zero-order valence-corrected chi connectivity index (χ0v) is 15.2. The molecule has 0 fully saturated rings. The van der Waals surface area contributed by atoms with Gasteiger partial charge in [0, 0.05) is 0 Å². The molecule has 0 unspecified atom stereocenters. The third kappa shape index (κ3) is 29.3. The van der Waals surface area contributed by atoms with E-state index in [1.54, 1.807) is 0 Å². The minimum atomic E-state index is 0. The van der Waals surface area contributed by atoms with Gasteiger partial charge in [-0.2, -0.15) is 12.8 Å². The first-order valence-electron chi connectivity index (χ1n) is 4.50. The van der Waals surface area contributed by atoms with E-state index in [2.05, 4.69) is 13.8 Å². The van der Waals surface area contributed by atoms with Crippen LogP contribution in [0.15, 0.2) is 0 Å². The molecular weight excluding hydrogens is 329 g/mol. The number of halogens is 2. The van der Waals surface area contributed by atoms with Crippen molar-refractivity contribution >= 4 is 46.1 Å². The molecule has 0 aliphatic heterocycles. The van der Waals surface area contributed by atoms with E-state index in [4.69, 9.17) is 0 Å². The van der Waals surface area contributed by atoms with Crippen LogP contribution in [0.3, 0.4) is 0 Å². The molecule has 14 heavy (non-hydrogen) atoms. The Morgan fingerprint density at radius 2 is 0.714 bits per heavy atom. The molecule has 0 rings (SSSR count). The van der Waals surface area contributed by atoms with Gasteiger partial charge in [-0.3, -0.25) is 0 Å². The average Bonchev–Trinajstić information content (AvgIpc) is 1.97. The van der Waals surface area contributed by atoms with Gasteiger partial charge in [-0.25, -0.2) is 0 Å². The molecule has 0 amide bonds. The maximum absolute atomic E-state index is 3.81. The Bertz CT molecular complexity index is 56.1. The van der Waals surface area contributed by atoms with Gasteiger partial charge >= 0.3 is 46.1 Å². The summed E-state index contributed by atoms with van der Waals surface area (Å²) in [6.07, 6.45) is 10.4. The first-order chi connectivity index (χ1) is 4.91. The van der Waals surface area contributed by atoms with E-state index in [1.807, 2.05) is 0 Å². The van der Waals surface area contributed by atoms with Crippen LogP contribution in [-0.2, 0) is 0 Å². The van der Waals surface area contributed by atoms with Crippen LogP contribution in [0.4, 0.5) is 0 Å². The third-order valence-corrected chi connectivity index (χ3v) is 1.75. The van der Waals surface area contributed by atoms with Crippen molar-refractivity contribution in [3.05, 3.63) is 13.8 Å². The second kappa shape index (κ2) is 29.6. The van der Waals surface area contributed by atoms with Crippen LogP contribution in [0.5, 0.6) is 0 Å². The smallest absolute Gasteiger partial charge is 1.00 e. The normalized spacial score (nSPS) is 7.29. The average molecular weight is 349 g/mol. The van der Waals surface area contributed by atoms with Crippen molar-refractivity contribution in [1.82, 2.24) is 0 Å². The molecular formula is C10H20Br2Mg2. The van der Waals surface area contributed by atoms with Gasteiger partial charge in [0.25, 0.3) is 0 Å². The molecule has 0 spiro atoms. The van der Waals surface area contributed by atoms with Gasteiger partial charge in [0.2, 0.25) is 0 Å². The second-order valence-corrected chi connectivity index (χ2v) is 2.83. The molecule has 0 aliphatic rings. The Kier molecular flexibility index (Phi) is 63.3. The summed E-state index contributed by atoms with van der Waals surface area (Å²) in [5.74, 6) is 0. The fourth-order valence-corrected chi connectivity index (χ4v) is 1.06.